The third kappa shape index (κ3) is 4.35. The van der Waals surface area contributed by atoms with Gasteiger partial charge in [0, 0.05) is 5.56 Å². The number of ketones is 1. The first kappa shape index (κ1) is 13.4. The van der Waals surface area contributed by atoms with E-state index in [0.29, 0.717) is 20.0 Å². The minimum absolute atomic E-state index is 0.0734. The van der Waals surface area contributed by atoms with E-state index in [9.17, 15) is 4.79 Å². The Morgan fingerprint density at radius 1 is 1.53 bits per heavy atom. The van der Waals surface area contributed by atoms with Gasteiger partial charge in [-0.15, -0.1) is 11.3 Å². The largest absolute Gasteiger partial charge is 0.293 e. The summed E-state index contributed by atoms with van der Waals surface area (Å²) in [5, 5.41) is 0. The summed E-state index contributed by atoms with van der Waals surface area (Å²) in [6.07, 6.45) is 2.31. The number of thioether (sulfide) groups is 1. The van der Waals surface area contributed by atoms with Crippen molar-refractivity contribution >= 4 is 52.1 Å². The molecule has 0 fully saturated rings. The zero-order valence-electron chi connectivity index (χ0n) is 8.39. The maximum Gasteiger partial charge on any atom is 0.175 e. The predicted octanol–water partition coefficient (Wildman–Crippen LogP) is 4.77. The molecule has 0 radical (unpaired) electrons. The molecule has 1 heterocycles. The third-order valence-electron chi connectivity index (χ3n) is 1.83. The summed E-state index contributed by atoms with van der Waals surface area (Å²) in [6, 6.07) is 1.65. The zero-order chi connectivity index (χ0) is 11.3. The Morgan fingerprint density at radius 3 is 2.80 bits per heavy atom. The van der Waals surface area contributed by atoms with Crippen LogP contribution in [0.15, 0.2) is 6.07 Å². The topological polar surface area (TPSA) is 17.1 Å². The number of carbonyl (C=O) groups is 1. The number of halogens is 2. The van der Waals surface area contributed by atoms with Gasteiger partial charge in [0.2, 0.25) is 0 Å². The molecule has 0 saturated heterocycles. The standard InChI is InChI=1S/C10H12Cl2OS2/c1-2-3-4-14-6-8(13)7-5-9(11)15-10(7)12/h5H,2-4,6H2,1H3. The van der Waals surface area contributed by atoms with Gasteiger partial charge in [-0.3, -0.25) is 4.79 Å². The van der Waals surface area contributed by atoms with E-state index in [4.69, 9.17) is 23.2 Å². The fourth-order valence-corrected chi connectivity index (χ4v) is 3.50. The lowest BCUT2D eigenvalue weighted by Crippen LogP contribution is -2.01. The van der Waals surface area contributed by atoms with Crippen LogP contribution in [0.5, 0.6) is 0 Å². The first-order valence-electron chi connectivity index (χ1n) is 4.71. The van der Waals surface area contributed by atoms with Crippen molar-refractivity contribution in [1.29, 1.82) is 0 Å². The molecular weight excluding hydrogens is 271 g/mol. The molecule has 0 atom stereocenters. The van der Waals surface area contributed by atoms with Crippen molar-refractivity contribution in [3.63, 3.8) is 0 Å². The van der Waals surface area contributed by atoms with E-state index in [1.165, 1.54) is 11.3 Å². The lowest BCUT2D eigenvalue weighted by atomic mass is 10.2. The molecule has 0 aliphatic rings. The van der Waals surface area contributed by atoms with Crippen LogP contribution < -0.4 is 0 Å². The smallest absolute Gasteiger partial charge is 0.175 e. The molecular formula is C10H12Cl2OS2. The van der Waals surface area contributed by atoms with Crippen LogP contribution in [0.2, 0.25) is 8.67 Å². The number of hydrogen-bond donors (Lipinski definition) is 0. The Labute approximate surface area is 108 Å². The summed E-state index contributed by atoms with van der Waals surface area (Å²) in [7, 11) is 0. The van der Waals surface area contributed by atoms with E-state index in [2.05, 4.69) is 6.92 Å². The molecule has 1 nitrogen and oxygen atoms in total. The Kier molecular flexibility index (Phi) is 6.05. The minimum atomic E-state index is 0.0734. The molecule has 0 bridgehead atoms. The number of thiophene rings is 1. The molecule has 0 amide bonds. The van der Waals surface area contributed by atoms with Crippen LogP contribution >= 0.6 is 46.3 Å². The Balaban J connectivity index is 2.43. The van der Waals surface area contributed by atoms with E-state index < -0.39 is 0 Å². The van der Waals surface area contributed by atoms with Gasteiger partial charge < -0.3 is 0 Å². The summed E-state index contributed by atoms with van der Waals surface area (Å²) in [5.74, 6) is 1.59. The fourth-order valence-electron chi connectivity index (χ4n) is 1.02. The molecule has 15 heavy (non-hydrogen) atoms. The summed E-state index contributed by atoms with van der Waals surface area (Å²) >= 11 is 14.5. The normalized spacial score (nSPS) is 10.6. The second kappa shape index (κ2) is 6.79. The van der Waals surface area contributed by atoms with Gasteiger partial charge in [0.1, 0.15) is 4.34 Å². The molecule has 0 aliphatic carbocycles. The molecule has 84 valence electrons. The molecule has 5 heteroatoms. The van der Waals surface area contributed by atoms with Crippen molar-refractivity contribution in [3.05, 3.63) is 20.3 Å². The number of hydrogen-bond acceptors (Lipinski definition) is 3. The Bertz CT molecular complexity index is 336. The van der Waals surface area contributed by atoms with Gasteiger partial charge >= 0.3 is 0 Å². The second-order valence-electron chi connectivity index (χ2n) is 3.07. The van der Waals surface area contributed by atoms with Crippen molar-refractivity contribution in [1.82, 2.24) is 0 Å². The van der Waals surface area contributed by atoms with Gasteiger partial charge in [-0.25, -0.2) is 0 Å². The zero-order valence-corrected chi connectivity index (χ0v) is 11.5. The van der Waals surface area contributed by atoms with Gasteiger partial charge in [0.15, 0.2) is 5.78 Å². The van der Waals surface area contributed by atoms with E-state index in [1.54, 1.807) is 17.8 Å². The molecule has 0 spiro atoms. The molecule has 1 aromatic heterocycles. The van der Waals surface area contributed by atoms with Crippen LogP contribution in [0.1, 0.15) is 30.1 Å². The maximum atomic E-state index is 11.7. The molecule has 0 aliphatic heterocycles. The number of carbonyl (C=O) groups excluding carboxylic acids is 1. The van der Waals surface area contributed by atoms with E-state index in [1.807, 2.05) is 0 Å². The molecule has 0 aromatic carbocycles. The van der Waals surface area contributed by atoms with Crippen molar-refractivity contribution in [2.75, 3.05) is 11.5 Å². The van der Waals surface area contributed by atoms with Crippen LogP contribution in [0.25, 0.3) is 0 Å². The highest BCUT2D eigenvalue weighted by Gasteiger charge is 2.13. The van der Waals surface area contributed by atoms with Crippen LogP contribution in [-0.2, 0) is 0 Å². The van der Waals surface area contributed by atoms with Crippen molar-refractivity contribution < 1.29 is 4.79 Å². The van der Waals surface area contributed by atoms with Crippen molar-refractivity contribution in [3.8, 4) is 0 Å². The first-order valence-corrected chi connectivity index (χ1v) is 7.43. The highest BCUT2D eigenvalue weighted by Crippen LogP contribution is 2.31. The van der Waals surface area contributed by atoms with Crippen molar-refractivity contribution in [2.24, 2.45) is 0 Å². The van der Waals surface area contributed by atoms with E-state index in [0.717, 1.165) is 18.6 Å². The highest BCUT2D eigenvalue weighted by molar-refractivity contribution is 7.99. The van der Waals surface area contributed by atoms with Gasteiger partial charge in [-0.2, -0.15) is 11.8 Å². The fraction of sp³-hybridized carbons (Fsp3) is 0.500. The first-order chi connectivity index (χ1) is 7.15. The van der Waals surface area contributed by atoms with Gasteiger partial charge in [0.25, 0.3) is 0 Å². The second-order valence-corrected chi connectivity index (χ2v) is 6.46. The molecule has 0 saturated carbocycles. The molecule has 1 aromatic rings. The van der Waals surface area contributed by atoms with Gasteiger partial charge in [-0.1, -0.05) is 36.5 Å². The average molecular weight is 283 g/mol. The van der Waals surface area contributed by atoms with Gasteiger partial charge in [0.05, 0.1) is 10.1 Å². The van der Waals surface area contributed by atoms with Crippen LogP contribution in [0.3, 0.4) is 0 Å². The lowest BCUT2D eigenvalue weighted by molar-refractivity contribution is 0.102. The summed E-state index contributed by atoms with van der Waals surface area (Å²) in [6.45, 7) is 2.14. The monoisotopic (exact) mass is 282 g/mol. The molecule has 1 rings (SSSR count). The van der Waals surface area contributed by atoms with E-state index in [-0.39, 0.29) is 5.78 Å². The number of rotatable bonds is 6. The summed E-state index contributed by atoms with van der Waals surface area (Å²) < 4.78 is 1.07. The third-order valence-corrected chi connectivity index (χ3v) is 4.36. The van der Waals surface area contributed by atoms with Crippen molar-refractivity contribution in [2.45, 2.75) is 19.8 Å². The Morgan fingerprint density at radius 2 is 2.27 bits per heavy atom. The molecule has 0 N–H and O–H groups in total. The molecule has 0 unspecified atom stereocenters. The summed E-state index contributed by atoms with van der Waals surface area (Å²) in [4.78, 5) is 11.7. The lowest BCUT2D eigenvalue weighted by Gasteiger charge is -1.98. The number of unbranched alkanes of at least 4 members (excludes halogenated alkanes) is 1. The maximum absolute atomic E-state index is 11.7. The van der Waals surface area contributed by atoms with E-state index >= 15 is 0 Å². The SMILES string of the molecule is CCCCSCC(=O)c1cc(Cl)sc1Cl. The average Bonchev–Trinajstić information content (AvgIpc) is 2.52. The quantitative estimate of drug-likeness (QED) is 0.552. The van der Waals surface area contributed by atoms with Crippen LogP contribution in [0, 0.1) is 0 Å². The van der Waals surface area contributed by atoms with Crippen LogP contribution in [0.4, 0.5) is 0 Å². The Hall–Kier alpha value is 0.300. The van der Waals surface area contributed by atoms with Crippen LogP contribution in [-0.4, -0.2) is 17.3 Å². The highest BCUT2D eigenvalue weighted by atomic mass is 35.5. The predicted molar refractivity (Wildman–Crippen MR) is 70.9 cm³/mol. The minimum Gasteiger partial charge on any atom is -0.293 e. The number of Topliss-reactive ketones (excluding diaryl/α,β-unsaturated/α-hetero) is 1. The summed E-state index contributed by atoms with van der Waals surface area (Å²) in [5.41, 5.74) is 0.565. The van der Waals surface area contributed by atoms with Gasteiger partial charge in [-0.05, 0) is 18.2 Å².